The van der Waals surface area contributed by atoms with E-state index in [1.54, 1.807) is 6.20 Å². The highest BCUT2D eigenvalue weighted by Gasteiger charge is 2.07. The van der Waals surface area contributed by atoms with E-state index in [0.717, 1.165) is 33.8 Å². The van der Waals surface area contributed by atoms with Gasteiger partial charge in [0.2, 0.25) is 0 Å². The van der Waals surface area contributed by atoms with Gasteiger partial charge in [0.1, 0.15) is 5.82 Å². The summed E-state index contributed by atoms with van der Waals surface area (Å²) in [5.41, 5.74) is 10.3. The molecule has 2 heterocycles. The van der Waals surface area contributed by atoms with Gasteiger partial charge < -0.3 is 10.7 Å². The van der Waals surface area contributed by atoms with Gasteiger partial charge in [-0.2, -0.15) is 0 Å². The van der Waals surface area contributed by atoms with Crippen LogP contribution in [-0.2, 0) is 0 Å². The molecule has 17 heavy (non-hydrogen) atoms. The van der Waals surface area contributed by atoms with E-state index in [-0.39, 0.29) is 0 Å². The maximum absolute atomic E-state index is 5.74. The lowest BCUT2D eigenvalue weighted by Gasteiger charge is -2.02. The molecule has 0 amide bonds. The van der Waals surface area contributed by atoms with Crippen LogP contribution in [0.15, 0.2) is 36.5 Å². The summed E-state index contributed by atoms with van der Waals surface area (Å²) >= 11 is 0. The molecule has 4 nitrogen and oxygen atoms in total. The van der Waals surface area contributed by atoms with Crippen molar-refractivity contribution in [1.29, 1.82) is 0 Å². The van der Waals surface area contributed by atoms with Gasteiger partial charge in [-0.25, -0.2) is 9.97 Å². The predicted octanol–water partition coefficient (Wildman–Crippen LogP) is 2.52. The largest absolute Gasteiger partial charge is 0.399 e. The fraction of sp³-hybridized carbons (Fsp3) is 0.0769. The van der Waals surface area contributed by atoms with Crippen LogP contribution in [-0.4, -0.2) is 15.0 Å². The Morgan fingerprint density at radius 1 is 1.24 bits per heavy atom. The molecule has 0 spiro atoms. The number of nitrogen functional groups attached to an aromatic ring is 1. The fourth-order valence-electron chi connectivity index (χ4n) is 1.93. The topological polar surface area (TPSA) is 67.6 Å². The van der Waals surface area contributed by atoms with Gasteiger partial charge in [-0.1, -0.05) is 0 Å². The highest BCUT2D eigenvalue weighted by Crippen LogP contribution is 2.24. The van der Waals surface area contributed by atoms with Crippen molar-refractivity contribution in [2.45, 2.75) is 6.92 Å². The van der Waals surface area contributed by atoms with Crippen molar-refractivity contribution in [3.8, 4) is 11.4 Å². The molecule has 0 radical (unpaired) electrons. The standard InChI is InChI=1S/C13H12N4/c1-8-7-9(14)4-5-10(8)12-16-11-3-2-6-15-13(11)17-12/h2-7H,14H2,1H3,(H,15,16,17). The predicted molar refractivity (Wildman–Crippen MR) is 68.5 cm³/mol. The summed E-state index contributed by atoms with van der Waals surface area (Å²) in [6.07, 6.45) is 1.74. The molecular weight excluding hydrogens is 212 g/mol. The first-order valence-electron chi connectivity index (χ1n) is 5.41. The second-order valence-electron chi connectivity index (χ2n) is 4.03. The lowest BCUT2D eigenvalue weighted by Crippen LogP contribution is -1.89. The molecule has 0 aliphatic rings. The number of imidazole rings is 1. The van der Waals surface area contributed by atoms with Crippen LogP contribution in [0.25, 0.3) is 22.6 Å². The highest BCUT2D eigenvalue weighted by atomic mass is 15.0. The van der Waals surface area contributed by atoms with Crippen LogP contribution in [0.5, 0.6) is 0 Å². The van der Waals surface area contributed by atoms with Gasteiger partial charge in [0, 0.05) is 17.4 Å². The van der Waals surface area contributed by atoms with Crippen molar-refractivity contribution in [3.63, 3.8) is 0 Å². The summed E-state index contributed by atoms with van der Waals surface area (Å²) in [4.78, 5) is 11.9. The molecule has 2 aromatic heterocycles. The number of aryl methyl sites for hydroxylation is 1. The van der Waals surface area contributed by atoms with E-state index in [9.17, 15) is 0 Å². The smallest absolute Gasteiger partial charge is 0.178 e. The number of nitrogens with zero attached hydrogens (tertiary/aromatic N) is 2. The molecule has 3 N–H and O–H groups in total. The molecule has 4 heteroatoms. The Hall–Kier alpha value is -2.36. The summed E-state index contributed by atoms with van der Waals surface area (Å²) in [5.74, 6) is 0.830. The number of aromatic amines is 1. The third-order valence-corrected chi connectivity index (χ3v) is 2.76. The van der Waals surface area contributed by atoms with Crippen molar-refractivity contribution in [2.75, 3.05) is 5.73 Å². The molecule has 0 saturated heterocycles. The van der Waals surface area contributed by atoms with Crippen molar-refractivity contribution in [3.05, 3.63) is 42.1 Å². The molecule has 1 aromatic carbocycles. The zero-order valence-electron chi connectivity index (χ0n) is 9.44. The van der Waals surface area contributed by atoms with Gasteiger partial charge in [-0.3, -0.25) is 0 Å². The number of nitrogens with one attached hydrogen (secondary N) is 1. The average molecular weight is 224 g/mol. The first kappa shape index (κ1) is 9.84. The maximum Gasteiger partial charge on any atom is 0.178 e. The van der Waals surface area contributed by atoms with Crippen LogP contribution in [0.4, 0.5) is 5.69 Å². The molecule has 0 aliphatic heterocycles. The lowest BCUT2D eigenvalue weighted by atomic mass is 10.1. The number of nitrogens with two attached hydrogens (primary N) is 1. The Morgan fingerprint density at radius 3 is 2.88 bits per heavy atom. The molecule has 0 unspecified atom stereocenters. The minimum absolute atomic E-state index is 0.735. The molecule has 0 fully saturated rings. The number of fused-ring (bicyclic) bond motifs is 1. The van der Waals surface area contributed by atoms with Gasteiger partial charge in [0.15, 0.2) is 5.65 Å². The summed E-state index contributed by atoms with van der Waals surface area (Å²) in [5, 5.41) is 0. The lowest BCUT2D eigenvalue weighted by molar-refractivity contribution is 1.28. The number of H-pyrrole nitrogens is 1. The van der Waals surface area contributed by atoms with Gasteiger partial charge in [0.05, 0.1) is 5.52 Å². The Morgan fingerprint density at radius 2 is 2.12 bits per heavy atom. The van der Waals surface area contributed by atoms with Crippen LogP contribution < -0.4 is 5.73 Å². The maximum atomic E-state index is 5.74. The van der Waals surface area contributed by atoms with Crippen molar-refractivity contribution in [1.82, 2.24) is 15.0 Å². The van der Waals surface area contributed by atoms with Gasteiger partial charge in [-0.15, -0.1) is 0 Å². The van der Waals surface area contributed by atoms with Crippen LogP contribution >= 0.6 is 0 Å². The van der Waals surface area contributed by atoms with Crippen molar-refractivity contribution in [2.24, 2.45) is 0 Å². The third-order valence-electron chi connectivity index (χ3n) is 2.76. The van der Waals surface area contributed by atoms with Crippen LogP contribution in [0.2, 0.25) is 0 Å². The van der Waals surface area contributed by atoms with E-state index in [1.165, 1.54) is 0 Å². The Bertz CT molecular complexity index is 652. The van der Waals surface area contributed by atoms with E-state index < -0.39 is 0 Å². The summed E-state index contributed by atoms with van der Waals surface area (Å²) < 4.78 is 0. The summed E-state index contributed by atoms with van der Waals surface area (Å²) in [7, 11) is 0. The third kappa shape index (κ3) is 1.63. The number of anilines is 1. The molecule has 0 saturated carbocycles. The first-order chi connectivity index (χ1) is 8.24. The minimum atomic E-state index is 0.735. The zero-order chi connectivity index (χ0) is 11.8. The quantitative estimate of drug-likeness (QED) is 0.624. The number of hydrogen-bond acceptors (Lipinski definition) is 3. The molecule has 0 atom stereocenters. The summed E-state index contributed by atoms with van der Waals surface area (Å²) in [6.45, 7) is 2.02. The zero-order valence-corrected chi connectivity index (χ0v) is 9.44. The Labute approximate surface area is 98.5 Å². The van der Waals surface area contributed by atoms with Crippen molar-refractivity contribution < 1.29 is 0 Å². The molecule has 3 aromatic rings. The summed E-state index contributed by atoms with van der Waals surface area (Å²) in [6, 6.07) is 9.65. The number of pyridine rings is 1. The van der Waals surface area contributed by atoms with E-state index in [1.807, 2.05) is 37.3 Å². The fourth-order valence-corrected chi connectivity index (χ4v) is 1.93. The van der Waals surface area contributed by atoms with Gasteiger partial charge >= 0.3 is 0 Å². The molecule has 84 valence electrons. The SMILES string of the molecule is Cc1cc(N)ccc1-c1nc2ncccc2[nH]1. The van der Waals surface area contributed by atoms with Gasteiger partial charge in [-0.05, 0) is 42.8 Å². The Balaban J connectivity index is 2.20. The van der Waals surface area contributed by atoms with Crippen LogP contribution in [0.3, 0.4) is 0 Å². The normalized spacial score (nSPS) is 10.9. The second kappa shape index (κ2) is 3.59. The van der Waals surface area contributed by atoms with E-state index in [4.69, 9.17) is 5.73 Å². The Kier molecular flexibility index (Phi) is 2.08. The number of hydrogen-bond donors (Lipinski definition) is 2. The molecule has 0 aliphatic carbocycles. The van der Waals surface area contributed by atoms with Crippen molar-refractivity contribution >= 4 is 16.9 Å². The average Bonchev–Trinajstić information content (AvgIpc) is 2.72. The number of benzene rings is 1. The number of rotatable bonds is 1. The number of aromatic nitrogens is 3. The minimum Gasteiger partial charge on any atom is -0.399 e. The molecule has 0 bridgehead atoms. The highest BCUT2D eigenvalue weighted by molar-refractivity contribution is 5.76. The van der Waals surface area contributed by atoms with E-state index in [0.29, 0.717) is 0 Å². The molecular formula is C13H12N4. The van der Waals surface area contributed by atoms with E-state index in [2.05, 4.69) is 15.0 Å². The first-order valence-corrected chi connectivity index (χ1v) is 5.41. The van der Waals surface area contributed by atoms with Crippen LogP contribution in [0.1, 0.15) is 5.56 Å². The van der Waals surface area contributed by atoms with Gasteiger partial charge in [0.25, 0.3) is 0 Å². The monoisotopic (exact) mass is 224 g/mol. The van der Waals surface area contributed by atoms with E-state index >= 15 is 0 Å². The second-order valence-corrected chi connectivity index (χ2v) is 4.03. The van der Waals surface area contributed by atoms with Crippen LogP contribution in [0, 0.1) is 6.92 Å². The molecule has 3 rings (SSSR count).